The van der Waals surface area contributed by atoms with Gasteiger partial charge >= 0.3 is 12.2 Å². The first-order valence-corrected chi connectivity index (χ1v) is 23.2. The van der Waals surface area contributed by atoms with Crippen LogP contribution in [0.2, 0.25) is 25.7 Å². The molecule has 12 heteroatoms. The summed E-state index contributed by atoms with van der Waals surface area (Å²) in [4.78, 5) is 39.5. The quantitative estimate of drug-likeness (QED) is 0.109. The van der Waals surface area contributed by atoms with Crippen molar-refractivity contribution in [2.45, 2.75) is 128 Å². The number of carbonyl (C=O) groups excluding carboxylic acids is 1. The van der Waals surface area contributed by atoms with E-state index in [4.69, 9.17) is 19.4 Å². The van der Waals surface area contributed by atoms with Gasteiger partial charge in [0.25, 0.3) is 0 Å². The Kier molecular flexibility index (Phi) is 10.1. The number of carboxylic acid groups (broad SMARTS) is 1. The molecule has 2 aliphatic carbocycles. The molecule has 1 aliphatic heterocycles. The molecule has 3 aliphatic rings. The molecule has 288 valence electrons. The largest absolute Gasteiger partial charge is 0.465 e. The van der Waals surface area contributed by atoms with E-state index in [1.165, 1.54) is 27.2 Å². The van der Waals surface area contributed by atoms with Crippen LogP contribution in [0, 0.1) is 0 Å². The van der Waals surface area contributed by atoms with Gasteiger partial charge in [-0.3, -0.25) is 4.90 Å². The smallest absolute Gasteiger partial charge is 0.407 e. The van der Waals surface area contributed by atoms with E-state index in [1.54, 1.807) is 0 Å². The highest BCUT2D eigenvalue weighted by atomic mass is 28.3. The van der Waals surface area contributed by atoms with Crippen LogP contribution in [0.25, 0.3) is 33.6 Å². The average Bonchev–Trinajstić information content (AvgIpc) is 3.92. The summed E-state index contributed by atoms with van der Waals surface area (Å²) in [7, 11) is -1.29. The van der Waals surface area contributed by atoms with Gasteiger partial charge in [0.05, 0.1) is 29.8 Å². The molecule has 2 aromatic carbocycles. The first kappa shape index (κ1) is 37.9. The number of aromatic nitrogens is 4. The number of alkyl carbamates (subject to hydrolysis) is 1. The Bertz CT molecular complexity index is 2040. The lowest BCUT2D eigenvalue weighted by molar-refractivity contribution is 0.0500. The van der Waals surface area contributed by atoms with Crippen LogP contribution in [0.1, 0.15) is 101 Å². The van der Waals surface area contributed by atoms with Gasteiger partial charge in [0.1, 0.15) is 24.0 Å². The van der Waals surface area contributed by atoms with Crippen molar-refractivity contribution < 1.29 is 24.2 Å². The first-order chi connectivity index (χ1) is 25.5. The number of fused-ring (bicyclic) bond motifs is 3. The number of carbonyl (C=O) groups is 2. The normalized spacial score (nSPS) is 20.6. The highest BCUT2D eigenvalue weighted by Crippen LogP contribution is 2.51. The van der Waals surface area contributed by atoms with Gasteiger partial charge in [-0.25, -0.2) is 19.6 Å². The van der Waals surface area contributed by atoms with Crippen LogP contribution in [0.5, 0.6) is 0 Å². The Balaban J connectivity index is 1.15. The van der Waals surface area contributed by atoms with Crippen molar-refractivity contribution in [3.63, 3.8) is 0 Å². The number of hydrogen-bond acceptors (Lipinski definition) is 6. The monoisotopic (exact) mass is 752 g/mol. The molecule has 11 nitrogen and oxygen atoms in total. The zero-order valence-electron chi connectivity index (χ0n) is 33.1. The Hall–Kier alpha value is -4.42. The molecule has 3 N–H and O–H groups in total. The lowest BCUT2D eigenvalue weighted by atomic mass is 9.81. The fourth-order valence-electron chi connectivity index (χ4n) is 8.48. The van der Waals surface area contributed by atoms with Gasteiger partial charge in [-0.05, 0) is 92.4 Å². The topological polar surface area (TPSA) is 135 Å². The van der Waals surface area contributed by atoms with Crippen LogP contribution < -0.4 is 5.32 Å². The summed E-state index contributed by atoms with van der Waals surface area (Å²) >= 11 is 0. The highest BCUT2D eigenvalue weighted by molar-refractivity contribution is 6.76. The molecular weight excluding hydrogens is 697 g/mol. The van der Waals surface area contributed by atoms with Gasteiger partial charge in [-0.2, -0.15) is 0 Å². The standard InChI is InChI=1S/C42H56N6O5Si/c1-41(2,3)53-39(49)46-33-12-9-11-30(33)37-43-23-34(45-37)26-14-16-28-29-17-15-27(22-32(29)42(4,5)31(28)21-26)36-24-44-38(35-13-10-18-47(35)40(50)51)48(36)25-52-19-20-54(6,7)8/h14-17,21-24,30,33,35H,9-13,18-20,25H2,1-8H3,(H,43,45)(H,46,49)(H,50,51)/t30-,33-,35?/m0/s1. The summed E-state index contributed by atoms with van der Waals surface area (Å²) in [6, 6.07) is 14.0. The van der Waals surface area contributed by atoms with Crippen molar-refractivity contribution in [1.29, 1.82) is 0 Å². The van der Waals surface area contributed by atoms with Gasteiger partial charge < -0.3 is 29.4 Å². The van der Waals surface area contributed by atoms with Crippen molar-refractivity contribution >= 4 is 20.3 Å². The molecule has 0 radical (unpaired) electrons. The number of likely N-dealkylation sites (tertiary alicyclic amines) is 1. The fraction of sp³-hybridized carbons (Fsp3) is 0.524. The van der Waals surface area contributed by atoms with E-state index < -0.39 is 19.8 Å². The SMILES string of the molecule is CC(C)(C)OC(=O)N[C@H]1CCC[C@@H]1c1ncc(-c2ccc3c(c2)C(C)(C)c2cc(-c4cnc(C5CCCN5C(=O)O)n4COCC[Si](C)(C)C)ccc2-3)[nH]1. The van der Waals surface area contributed by atoms with Crippen molar-refractivity contribution in [3.8, 4) is 33.6 Å². The van der Waals surface area contributed by atoms with E-state index in [1.807, 2.05) is 33.2 Å². The van der Waals surface area contributed by atoms with E-state index in [-0.39, 0.29) is 29.5 Å². The minimum Gasteiger partial charge on any atom is -0.465 e. The molecule has 54 heavy (non-hydrogen) atoms. The Labute approximate surface area is 319 Å². The maximum Gasteiger partial charge on any atom is 0.407 e. The molecule has 1 unspecified atom stereocenters. The maximum atomic E-state index is 12.6. The van der Waals surface area contributed by atoms with Crippen LogP contribution in [-0.4, -0.2) is 74.6 Å². The Morgan fingerprint density at radius 1 is 0.981 bits per heavy atom. The predicted octanol–water partition coefficient (Wildman–Crippen LogP) is 9.53. The zero-order chi connectivity index (χ0) is 38.6. The third kappa shape index (κ3) is 7.59. The number of hydrogen-bond donors (Lipinski definition) is 3. The summed E-state index contributed by atoms with van der Waals surface area (Å²) < 4.78 is 13.9. The average molecular weight is 753 g/mol. The number of benzene rings is 2. The Morgan fingerprint density at radius 2 is 1.69 bits per heavy atom. The molecule has 2 amide bonds. The van der Waals surface area contributed by atoms with Crippen LogP contribution in [-0.2, 0) is 21.6 Å². The molecule has 2 aromatic heterocycles. The summed E-state index contributed by atoms with van der Waals surface area (Å²) in [6.07, 6.45) is 6.92. The molecule has 4 aromatic rings. The molecule has 0 bridgehead atoms. The lowest BCUT2D eigenvalue weighted by Crippen LogP contribution is -2.40. The van der Waals surface area contributed by atoms with E-state index in [0.29, 0.717) is 19.9 Å². The number of nitrogens with one attached hydrogen (secondary N) is 2. The van der Waals surface area contributed by atoms with E-state index in [2.05, 4.69) is 84.8 Å². The second kappa shape index (κ2) is 14.3. The molecule has 3 atom stereocenters. The number of H-pyrrole nitrogens is 1. The van der Waals surface area contributed by atoms with Gasteiger partial charge in [0.15, 0.2) is 0 Å². The van der Waals surface area contributed by atoms with Crippen molar-refractivity contribution in [2.24, 2.45) is 0 Å². The predicted molar refractivity (Wildman–Crippen MR) is 213 cm³/mol. The minimum atomic E-state index is -1.29. The second-order valence-electron chi connectivity index (χ2n) is 18.0. The zero-order valence-corrected chi connectivity index (χ0v) is 34.1. The summed E-state index contributed by atoms with van der Waals surface area (Å²) in [5, 5.41) is 13.1. The van der Waals surface area contributed by atoms with E-state index >= 15 is 0 Å². The molecule has 3 heterocycles. The highest BCUT2D eigenvalue weighted by Gasteiger charge is 2.38. The minimum absolute atomic E-state index is 0.0279. The van der Waals surface area contributed by atoms with Crippen LogP contribution in [0.15, 0.2) is 48.8 Å². The third-order valence-corrected chi connectivity index (χ3v) is 13.1. The van der Waals surface area contributed by atoms with Crippen molar-refractivity contribution in [2.75, 3.05) is 13.2 Å². The first-order valence-electron chi connectivity index (χ1n) is 19.5. The van der Waals surface area contributed by atoms with E-state index in [9.17, 15) is 14.7 Å². The number of amides is 2. The summed E-state index contributed by atoms with van der Waals surface area (Å²) in [6.45, 7) is 18.7. The number of aromatic amines is 1. The Morgan fingerprint density at radius 3 is 2.37 bits per heavy atom. The van der Waals surface area contributed by atoms with Crippen LogP contribution >= 0.6 is 0 Å². The molecular formula is C42H56N6O5Si. The molecule has 7 rings (SSSR count). The van der Waals surface area contributed by atoms with Gasteiger partial charge in [-0.15, -0.1) is 0 Å². The number of rotatable bonds is 10. The van der Waals surface area contributed by atoms with Gasteiger partial charge in [0.2, 0.25) is 0 Å². The number of ether oxygens (including phenoxy) is 2. The van der Waals surface area contributed by atoms with Crippen molar-refractivity contribution in [3.05, 3.63) is 71.6 Å². The third-order valence-electron chi connectivity index (χ3n) is 11.3. The molecule has 0 spiro atoms. The fourth-order valence-corrected chi connectivity index (χ4v) is 9.23. The lowest BCUT2D eigenvalue weighted by Gasteiger charge is -2.24. The van der Waals surface area contributed by atoms with Crippen LogP contribution in [0.3, 0.4) is 0 Å². The van der Waals surface area contributed by atoms with Gasteiger partial charge in [-0.1, -0.05) is 64.2 Å². The van der Waals surface area contributed by atoms with Crippen molar-refractivity contribution in [1.82, 2.24) is 29.7 Å². The van der Waals surface area contributed by atoms with Crippen LogP contribution in [0.4, 0.5) is 9.59 Å². The van der Waals surface area contributed by atoms with E-state index in [0.717, 1.165) is 72.3 Å². The summed E-state index contributed by atoms with van der Waals surface area (Å²) in [5.41, 5.74) is 8.08. The van der Waals surface area contributed by atoms with Gasteiger partial charge in [0, 0.05) is 44.2 Å². The summed E-state index contributed by atoms with van der Waals surface area (Å²) in [5.74, 6) is 1.73. The number of imidazole rings is 2. The number of nitrogens with zero attached hydrogens (tertiary/aromatic N) is 4. The molecule has 1 saturated carbocycles. The maximum absolute atomic E-state index is 12.6. The molecule has 1 saturated heterocycles. The molecule has 2 fully saturated rings. The second-order valence-corrected chi connectivity index (χ2v) is 23.7.